The molecular weight excluding hydrogens is 416 g/mol. The number of pyridine rings is 1. The highest BCUT2D eigenvalue weighted by Gasteiger charge is 2.39. The van der Waals surface area contributed by atoms with Crippen molar-refractivity contribution in [2.45, 2.75) is 79.4 Å². The fourth-order valence-corrected chi connectivity index (χ4v) is 2.70. The minimum Gasteiger partial charge on any atom is -0.462 e. The van der Waals surface area contributed by atoms with Gasteiger partial charge in [0.05, 0.1) is 6.61 Å². The molecule has 32 heavy (non-hydrogen) atoms. The minimum absolute atomic E-state index is 0.0773. The summed E-state index contributed by atoms with van der Waals surface area (Å²) in [4.78, 5) is 43.8. The third-order valence-corrected chi connectivity index (χ3v) is 4.03. The summed E-state index contributed by atoms with van der Waals surface area (Å²) in [5, 5.41) is 0. The van der Waals surface area contributed by atoms with Gasteiger partial charge in [-0.25, -0.2) is 14.4 Å². The fraction of sp³-hybridized carbons (Fsp3) is 0.565. The van der Waals surface area contributed by atoms with Crippen LogP contribution in [0.1, 0.15) is 84.2 Å². The third kappa shape index (κ3) is 5.99. The van der Waals surface area contributed by atoms with Crippen LogP contribution in [0.4, 0.5) is 15.5 Å². The van der Waals surface area contributed by atoms with Crippen molar-refractivity contribution in [3.05, 3.63) is 23.4 Å². The number of hydrogen-bond acceptors (Lipinski definition) is 8. The summed E-state index contributed by atoms with van der Waals surface area (Å²) in [6.45, 7) is 15.6. The first-order chi connectivity index (χ1) is 14.6. The maximum absolute atomic E-state index is 13.0. The molecule has 176 valence electrons. The van der Waals surface area contributed by atoms with Crippen LogP contribution in [0.2, 0.25) is 0 Å². The van der Waals surface area contributed by atoms with Gasteiger partial charge >= 0.3 is 18.2 Å². The van der Waals surface area contributed by atoms with Gasteiger partial charge in [0.2, 0.25) is 5.88 Å². The summed E-state index contributed by atoms with van der Waals surface area (Å²) in [6, 6.07) is 1.71. The Labute approximate surface area is 188 Å². The molecule has 0 aromatic carbocycles. The molecule has 2 rings (SSSR count). The summed E-state index contributed by atoms with van der Waals surface area (Å²) >= 11 is 0. The zero-order valence-electron chi connectivity index (χ0n) is 20.2. The lowest BCUT2D eigenvalue weighted by molar-refractivity contribution is 0.0422. The largest absolute Gasteiger partial charge is 0.462 e. The lowest BCUT2D eigenvalue weighted by Crippen LogP contribution is -2.44. The predicted octanol–water partition coefficient (Wildman–Crippen LogP) is 5.80. The normalized spacial score (nSPS) is 12.1. The van der Waals surface area contributed by atoms with Gasteiger partial charge in [0.1, 0.15) is 16.7 Å². The number of fused-ring (bicyclic) bond motifs is 1. The Morgan fingerprint density at radius 2 is 1.56 bits per heavy atom. The quantitative estimate of drug-likeness (QED) is 0.426. The van der Waals surface area contributed by atoms with E-state index < -0.39 is 29.4 Å². The third-order valence-electron chi connectivity index (χ3n) is 4.03. The Morgan fingerprint density at radius 1 is 1.03 bits per heavy atom. The van der Waals surface area contributed by atoms with Crippen LogP contribution in [-0.2, 0) is 14.2 Å². The van der Waals surface area contributed by atoms with E-state index in [1.807, 2.05) is 13.8 Å². The standard InChI is InChI=1S/C23H32N2O7/c1-10-29-19(26)16-17-15(11-14(12-24-17)13(2)3)30-18(16)25(20(27)31-22(4,5)6)21(28)32-23(7,8)9/h11-13H,10H2,1-9H3. The molecule has 0 bridgehead atoms. The molecule has 0 atom stereocenters. The van der Waals surface area contributed by atoms with E-state index >= 15 is 0 Å². The first-order valence-corrected chi connectivity index (χ1v) is 10.5. The number of furan rings is 1. The Bertz CT molecular complexity index is 982. The van der Waals surface area contributed by atoms with Gasteiger partial charge in [-0.3, -0.25) is 4.98 Å². The Kier molecular flexibility index (Phi) is 7.22. The van der Waals surface area contributed by atoms with Crippen LogP contribution in [0, 0.1) is 0 Å². The minimum atomic E-state index is -1.06. The van der Waals surface area contributed by atoms with Crippen LogP contribution in [0.5, 0.6) is 0 Å². The van der Waals surface area contributed by atoms with Crippen molar-refractivity contribution >= 4 is 35.1 Å². The topological polar surface area (TPSA) is 108 Å². The van der Waals surface area contributed by atoms with Crippen LogP contribution in [0.25, 0.3) is 11.1 Å². The Balaban J connectivity index is 2.76. The molecule has 0 saturated carbocycles. The van der Waals surface area contributed by atoms with Crippen molar-refractivity contribution < 1.29 is 33.0 Å². The van der Waals surface area contributed by atoms with Crippen molar-refractivity contribution in [1.82, 2.24) is 4.98 Å². The summed E-state index contributed by atoms with van der Waals surface area (Å²) < 4.78 is 21.8. The van der Waals surface area contributed by atoms with Crippen LogP contribution in [-0.4, -0.2) is 40.9 Å². The Hall–Kier alpha value is -3.10. The van der Waals surface area contributed by atoms with Gasteiger partial charge < -0.3 is 18.6 Å². The lowest BCUT2D eigenvalue weighted by Gasteiger charge is -2.27. The predicted molar refractivity (Wildman–Crippen MR) is 119 cm³/mol. The number of hydrogen-bond donors (Lipinski definition) is 0. The van der Waals surface area contributed by atoms with Crippen LogP contribution >= 0.6 is 0 Å². The molecule has 9 heteroatoms. The van der Waals surface area contributed by atoms with Gasteiger partial charge in [0.25, 0.3) is 0 Å². The molecule has 2 heterocycles. The average Bonchev–Trinajstić information content (AvgIpc) is 2.96. The molecule has 0 fully saturated rings. The van der Waals surface area contributed by atoms with Gasteiger partial charge in [-0.15, -0.1) is 4.90 Å². The molecule has 0 aliphatic rings. The van der Waals surface area contributed by atoms with Crippen molar-refractivity contribution in [2.24, 2.45) is 0 Å². The molecule has 0 radical (unpaired) electrons. The van der Waals surface area contributed by atoms with Crippen LogP contribution in [0.3, 0.4) is 0 Å². The molecule has 0 spiro atoms. The fourth-order valence-electron chi connectivity index (χ4n) is 2.70. The highest BCUT2D eigenvalue weighted by Crippen LogP contribution is 2.35. The van der Waals surface area contributed by atoms with E-state index in [0.717, 1.165) is 5.56 Å². The molecule has 0 aliphatic carbocycles. The smallest absolute Gasteiger partial charge is 0.427 e. The zero-order chi connectivity index (χ0) is 24.4. The van der Waals surface area contributed by atoms with Crippen molar-refractivity contribution in [2.75, 3.05) is 11.5 Å². The molecular formula is C23H32N2O7. The highest BCUT2D eigenvalue weighted by molar-refractivity contribution is 6.16. The molecule has 0 unspecified atom stereocenters. The van der Waals surface area contributed by atoms with Gasteiger partial charge in [-0.05, 0) is 66.0 Å². The first kappa shape index (κ1) is 25.2. The second-order valence-electron chi connectivity index (χ2n) is 9.57. The van der Waals surface area contributed by atoms with E-state index in [9.17, 15) is 14.4 Å². The number of carbonyl (C=O) groups excluding carboxylic acids is 3. The number of esters is 1. The first-order valence-electron chi connectivity index (χ1n) is 10.5. The van der Waals surface area contributed by atoms with E-state index in [-0.39, 0.29) is 35.1 Å². The van der Waals surface area contributed by atoms with E-state index in [0.29, 0.717) is 4.90 Å². The van der Waals surface area contributed by atoms with E-state index in [2.05, 4.69) is 4.98 Å². The molecule has 0 saturated heterocycles. The van der Waals surface area contributed by atoms with Crippen LogP contribution < -0.4 is 4.90 Å². The maximum atomic E-state index is 13.0. The van der Waals surface area contributed by atoms with E-state index in [1.54, 1.807) is 60.7 Å². The second kappa shape index (κ2) is 9.18. The van der Waals surface area contributed by atoms with Crippen molar-refractivity contribution in [3.63, 3.8) is 0 Å². The SMILES string of the molecule is CCOC(=O)c1c(N(C(=O)OC(C)(C)C)C(=O)OC(C)(C)C)oc2cc(C(C)C)cnc12. The summed E-state index contributed by atoms with van der Waals surface area (Å²) in [6.07, 6.45) is -0.499. The molecule has 9 nitrogen and oxygen atoms in total. The summed E-state index contributed by atoms with van der Waals surface area (Å²) in [5.41, 5.74) is -0.748. The van der Waals surface area contributed by atoms with Gasteiger partial charge in [0, 0.05) is 6.20 Å². The Morgan fingerprint density at radius 3 is 2.00 bits per heavy atom. The van der Waals surface area contributed by atoms with E-state index in [4.69, 9.17) is 18.6 Å². The van der Waals surface area contributed by atoms with Crippen LogP contribution in [0.15, 0.2) is 16.7 Å². The number of rotatable bonds is 4. The monoisotopic (exact) mass is 448 g/mol. The number of amides is 2. The van der Waals surface area contributed by atoms with Gasteiger partial charge in [-0.1, -0.05) is 13.8 Å². The maximum Gasteiger partial charge on any atom is 0.427 e. The molecule has 2 amide bonds. The van der Waals surface area contributed by atoms with Gasteiger partial charge in [0.15, 0.2) is 11.1 Å². The molecule has 2 aromatic heterocycles. The summed E-state index contributed by atoms with van der Waals surface area (Å²) in [7, 11) is 0. The average molecular weight is 449 g/mol. The molecule has 2 aromatic rings. The lowest BCUT2D eigenvalue weighted by atomic mass is 10.1. The van der Waals surface area contributed by atoms with Crippen molar-refractivity contribution in [3.8, 4) is 0 Å². The second-order valence-corrected chi connectivity index (χ2v) is 9.57. The summed E-state index contributed by atoms with van der Waals surface area (Å²) in [5.74, 6) is -1.02. The number of aromatic nitrogens is 1. The molecule has 0 aliphatic heterocycles. The molecule has 0 N–H and O–H groups in total. The van der Waals surface area contributed by atoms with Gasteiger partial charge in [-0.2, -0.15) is 0 Å². The van der Waals surface area contributed by atoms with Crippen molar-refractivity contribution in [1.29, 1.82) is 0 Å². The number of ether oxygens (including phenoxy) is 3. The number of nitrogens with zero attached hydrogens (tertiary/aromatic N) is 2. The number of imide groups is 1. The zero-order valence-corrected chi connectivity index (χ0v) is 20.2. The number of carbonyl (C=O) groups is 3. The van der Waals surface area contributed by atoms with E-state index in [1.165, 1.54) is 0 Å². The number of anilines is 1. The highest BCUT2D eigenvalue weighted by atomic mass is 16.6.